The van der Waals surface area contributed by atoms with Gasteiger partial charge < -0.3 is 15.8 Å². The van der Waals surface area contributed by atoms with Crippen LogP contribution in [0.2, 0.25) is 0 Å². The van der Waals surface area contributed by atoms with Crippen molar-refractivity contribution < 1.29 is 9.53 Å². The smallest absolute Gasteiger partial charge is 0.257 e. The molecule has 4 nitrogen and oxygen atoms in total. The zero-order valence-electron chi connectivity index (χ0n) is 11.6. The molecule has 19 heavy (non-hydrogen) atoms. The van der Waals surface area contributed by atoms with Gasteiger partial charge in [0.05, 0.1) is 0 Å². The van der Waals surface area contributed by atoms with Gasteiger partial charge in [0.2, 0.25) is 0 Å². The minimum atomic E-state index is -0.0754. The Kier molecular flexibility index (Phi) is 4.43. The molecule has 0 aromatic heterocycles. The largest absolute Gasteiger partial charge is 0.483 e. The van der Waals surface area contributed by atoms with E-state index in [4.69, 9.17) is 10.5 Å². The minimum Gasteiger partial charge on any atom is -0.483 e. The number of benzene rings is 1. The van der Waals surface area contributed by atoms with E-state index in [1.54, 1.807) is 0 Å². The van der Waals surface area contributed by atoms with E-state index in [0.29, 0.717) is 12.5 Å². The molecule has 0 bridgehead atoms. The van der Waals surface area contributed by atoms with E-state index in [9.17, 15) is 4.79 Å². The van der Waals surface area contributed by atoms with Crippen LogP contribution in [0.4, 0.5) is 0 Å². The quantitative estimate of drug-likeness (QED) is 0.850. The van der Waals surface area contributed by atoms with E-state index in [-0.39, 0.29) is 18.6 Å². The Morgan fingerprint density at radius 3 is 3.05 bits per heavy atom. The van der Waals surface area contributed by atoms with Crippen molar-refractivity contribution in [2.75, 3.05) is 13.2 Å². The van der Waals surface area contributed by atoms with Gasteiger partial charge in [-0.05, 0) is 36.0 Å². The molecule has 0 aliphatic heterocycles. The second kappa shape index (κ2) is 6.06. The van der Waals surface area contributed by atoms with Gasteiger partial charge in [0, 0.05) is 12.6 Å². The molecule has 1 aromatic rings. The summed E-state index contributed by atoms with van der Waals surface area (Å²) in [7, 11) is 0. The van der Waals surface area contributed by atoms with Crippen molar-refractivity contribution in [3.63, 3.8) is 0 Å². The number of rotatable bonds is 5. The lowest BCUT2D eigenvalue weighted by atomic mass is 10.1. The summed E-state index contributed by atoms with van der Waals surface area (Å²) in [5, 5.41) is 2.84. The molecule has 3 N–H and O–H groups in total. The monoisotopic (exact) mass is 262 g/mol. The third-order valence-electron chi connectivity index (χ3n) is 3.34. The SMILES string of the molecule is CC(C)CNC(=O)COc1cccc2c1CCC2N. The summed E-state index contributed by atoms with van der Waals surface area (Å²) >= 11 is 0. The van der Waals surface area contributed by atoms with Crippen molar-refractivity contribution in [1.82, 2.24) is 5.32 Å². The van der Waals surface area contributed by atoms with E-state index in [0.717, 1.165) is 29.7 Å². The molecule has 0 saturated carbocycles. The molecule has 0 heterocycles. The predicted octanol–water partition coefficient (Wildman–Crippen LogP) is 1.78. The van der Waals surface area contributed by atoms with Gasteiger partial charge in [-0.1, -0.05) is 26.0 Å². The Morgan fingerprint density at radius 1 is 1.53 bits per heavy atom. The fraction of sp³-hybridized carbons (Fsp3) is 0.533. The molecule has 1 aliphatic rings. The van der Waals surface area contributed by atoms with Crippen molar-refractivity contribution in [3.05, 3.63) is 29.3 Å². The molecular weight excluding hydrogens is 240 g/mol. The first-order valence-corrected chi connectivity index (χ1v) is 6.84. The number of hydrogen-bond acceptors (Lipinski definition) is 3. The number of carbonyl (C=O) groups excluding carboxylic acids is 1. The number of ether oxygens (including phenoxy) is 1. The van der Waals surface area contributed by atoms with Gasteiger partial charge in [0.1, 0.15) is 5.75 Å². The fourth-order valence-corrected chi connectivity index (χ4v) is 2.30. The highest BCUT2D eigenvalue weighted by atomic mass is 16.5. The van der Waals surface area contributed by atoms with Crippen molar-refractivity contribution in [1.29, 1.82) is 0 Å². The average Bonchev–Trinajstić information content (AvgIpc) is 2.76. The second-order valence-electron chi connectivity index (χ2n) is 5.46. The predicted molar refractivity (Wildman–Crippen MR) is 75.0 cm³/mol. The summed E-state index contributed by atoms with van der Waals surface area (Å²) in [5.74, 6) is 1.17. The molecule has 0 saturated heterocycles. The Labute approximate surface area is 114 Å². The zero-order chi connectivity index (χ0) is 13.8. The Morgan fingerprint density at radius 2 is 2.32 bits per heavy atom. The number of carbonyl (C=O) groups is 1. The number of nitrogens with one attached hydrogen (secondary N) is 1. The van der Waals surface area contributed by atoms with Crippen LogP contribution < -0.4 is 15.8 Å². The van der Waals surface area contributed by atoms with E-state index < -0.39 is 0 Å². The van der Waals surface area contributed by atoms with Crippen LogP contribution in [0.15, 0.2) is 18.2 Å². The molecular formula is C15H22N2O2. The molecule has 2 rings (SSSR count). The van der Waals surface area contributed by atoms with E-state index in [1.165, 1.54) is 0 Å². The average molecular weight is 262 g/mol. The van der Waals surface area contributed by atoms with Crippen LogP contribution in [0.1, 0.15) is 37.4 Å². The molecule has 1 aliphatic carbocycles. The van der Waals surface area contributed by atoms with Gasteiger partial charge in [-0.2, -0.15) is 0 Å². The normalized spacial score (nSPS) is 17.4. The lowest BCUT2D eigenvalue weighted by Crippen LogP contribution is -2.31. The minimum absolute atomic E-state index is 0.0679. The van der Waals surface area contributed by atoms with Crippen LogP contribution in [0, 0.1) is 5.92 Å². The van der Waals surface area contributed by atoms with Crippen molar-refractivity contribution in [2.45, 2.75) is 32.7 Å². The molecule has 1 amide bonds. The van der Waals surface area contributed by atoms with Gasteiger partial charge in [-0.15, -0.1) is 0 Å². The molecule has 0 fully saturated rings. The van der Waals surface area contributed by atoms with Crippen LogP contribution in [-0.2, 0) is 11.2 Å². The summed E-state index contributed by atoms with van der Waals surface area (Å²) < 4.78 is 5.62. The van der Waals surface area contributed by atoms with E-state index in [2.05, 4.69) is 19.2 Å². The highest BCUT2D eigenvalue weighted by Crippen LogP contribution is 2.35. The van der Waals surface area contributed by atoms with Crippen LogP contribution in [0.25, 0.3) is 0 Å². The molecule has 1 unspecified atom stereocenters. The van der Waals surface area contributed by atoms with Gasteiger partial charge in [0.25, 0.3) is 5.91 Å². The molecule has 0 radical (unpaired) electrons. The molecule has 4 heteroatoms. The first-order valence-electron chi connectivity index (χ1n) is 6.84. The van der Waals surface area contributed by atoms with Gasteiger partial charge in [0.15, 0.2) is 6.61 Å². The maximum absolute atomic E-state index is 11.6. The Balaban J connectivity index is 1.92. The number of nitrogens with two attached hydrogens (primary N) is 1. The van der Waals surface area contributed by atoms with Crippen molar-refractivity contribution >= 4 is 5.91 Å². The summed E-state index contributed by atoms with van der Waals surface area (Å²) in [5.41, 5.74) is 8.33. The van der Waals surface area contributed by atoms with Gasteiger partial charge in [-0.25, -0.2) is 0 Å². The highest BCUT2D eigenvalue weighted by molar-refractivity contribution is 5.77. The molecule has 1 aromatic carbocycles. The maximum atomic E-state index is 11.6. The lowest BCUT2D eigenvalue weighted by Gasteiger charge is -2.12. The Bertz CT molecular complexity index is 457. The molecule has 104 valence electrons. The second-order valence-corrected chi connectivity index (χ2v) is 5.46. The summed E-state index contributed by atoms with van der Waals surface area (Å²) in [6, 6.07) is 5.99. The number of fused-ring (bicyclic) bond motifs is 1. The van der Waals surface area contributed by atoms with Crippen LogP contribution in [0.5, 0.6) is 5.75 Å². The number of amides is 1. The first kappa shape index (κ1) is 13.9. The molecule has 0 spiro atoms. The lowest BCUT2D eigenvalue weighted by molar-refractivity contribution is -0.123. The van der Waals surface area contributed by atoms with E-state index in [1.807, 2.05) is 18.2 Å². The first-order chi connectivity index (χ1) is 9.08. The van der Waals surface area contributed by atoms with Gasteiger partial charge >= 0.3 is 0 Å². The van der Waals surface area contributed by atoms with Crippen molar-refractivity contribution in [3.8, 4) is 5.75 Å². The summed E-state index contributed by atoms with van der Waals surface area (Å²) in [6.07, 6.45) is 1.88. The van der Waals surface area contributed by atoms with Crippen LogP contribution >= 0.6 is 0 Å². The third-order valence-corrected chi connectivity index (χ3v) is 3.34. The van der Waals surface area contributed by atoms with Crippen molar-refractivity contribution in [2.24, 2.45) is 11.7 Å². The number of hydrogen-bond donors (Lipinski definition) is 2. The standard InChI is InChI=1S/C15H22N2O2/c1-10(2)8-17-15(18)9-19-14-5-3-4-11-12(14)6-7-13(11)16/h3-5,10,13H,6-9,16H2,1-2H3,(H,17,18). The zero-order valence-corrected chi connectivity index (χ0v) is 11.6. The highest BCUT2D eigenvalue weighted by Gasteiger charge is 2.22. The third kappa shape index (κ3) is 3.47. The fourth-order valence-electron chi connectivity index (χ4n) is 2.30. The van der Waals surface area contributed by atoms with E-state index >= 15 is 0 Å². The summed E-state index contributed by atoms with van der Waals surface area (Å²) in [6.45, 7) is 4.87. The maximum Gasteiger partial charge on any atom is 0.257 e. The topological polar surface area (TPSA) is 64.3 Å². The van der Waals surface area contributed by atoms with Crippen LogP contribution in [0.3, 0.4) is 0 Å². The molecule has 1 atom stereocenters. The summed E-state index contributed by atoms with van der Waals surface area (Å²) in [4.78, 5) is 11.6. The van der Waals surface area contributed by atoms with Gasteiger partial charge in [-0.3, -0.25) is 4.79 Å². The Hall–Kier alpha value is -1.55. The van der Waals surface area contributed by atoms with Crippen LogP contribution in [-0.4, -0.2) is 19.1 Å².